The summed E-state index contributed by atoms with van der Waals surface area (Å²) in [6.07, 6.45) is 2.31. The fraction of sp³-hybridized carbons (Fsp3) is 0.889. The highest BCUT2D eigenvalue weighted by molar-refractivity contribution is 5.72. The van der Waals surface area contributed by atoms with Crippen LogP contribution in [0.4, 0.5) is 0 Å². The molecule has 0 spiro atoms. The molecule has 4 heteroatoms. The third-order valence-electron chi connectivity index (χ3n) is 2.09. The molecule has 0 fully saturated rings. The molecule has 0 amide bonds. The van der Waals surface area contributed by atoms with Gasteiger partial charge in [-0.15, -0.1) is 0 Å². The first-order valence-electron chi connectivity index (χ1n) is 4.80. The lowest BCUT2D eigenvalue weighted by Gasteiger charge is -2.12. The summed E-state index contributed by atoms with van der Waals surface area (Å²) in [5.74, 6) is 0. The number of nitrogens with two attached hydrogens (primary N) is 1. The Morgan fingerprint density at radius 1 is 1.77 bits per heavy atom. The monoisotopic (exact) mass is 186 g/mol. The van der Waals surface area contributed by atoms with Gasteiger partial charge in [-0.1, -0.05) is 0 Å². The van der Waals surface area contributed by atoms with Crippen LogP contribution >= 0.6 is 0 Å². The molecule has 13 heavy (non-hydrogen) atoms. The van der Waals surface area contributed by atoms with Crippen LogP contribution in [0.2, 0.25) is 0 Å². The molecule has 4 nitrogen and oxygen atoms in total. The molecule has 2 N–H and O–H groups in total. The summed E-state index contributed by atoms with van der Waals surface area (Å²) in [5.41, 5.74) is 5.39. The zero-order chi connectivity index (χ0) is 9.68. The number of aliphatic imine (C=N–C) groups is 1. The van der Waals surface area contributed by atoms with Gasteiger partial charge in [0.05, 0.1) is 12.1 Å². The molecule has 0 bridgehead atoms. The number of nitrogens with zero attached hydrogens (tertiary/aromatic N) is 1. The van der Waals surface area contributed by atoms with Crippen molar-refractivity contribution in [1.29, 1.82) is 0 Å². The minimum atomic E-state index is 0.239. The van der Waals surface area contributed by atoms with E-state index < -0.39 is 0 Å². The maximum Gasteiger partial charge on any atom is 0.282 e. The van der Waals surface area contributed by atoms with E-state index in [2.05, 4.69) is 11.9 Å². The zero-order valence-corrected chi connectivity index (χ0v) is 8.32. The van der Waals surface area contributed by atoms with Gasteiger partial charge in [-0.05, 0) is 26.7 Å². The van der Waals surface area contributed by atoms with Crippen LogP contribution < -0.4 is 5.73 Å². The van der Waals surface area contributed by atoms with Gasteiger partial charge >= 0.3 is 0 Å². The molecular weight excluding hydrogens is 168 g/mol. The van der Waals surface area contributed by atoms with Crippen molar-refractivity contribution in [2.75, 3.05) is 13.2 Å². The number of hydrogen-bond donors (Lipinski definition) is 1. The standard InChI is InChI=1S/C9H18N2O2/c1-3-12-7(2)4-5-8-6-13-9(10)11-8/h7-8H,3-6H2,1-2H3,(H2,10,11). The van der Waals surface area contributed by atoms with Crippen LogP contribution in [0.25, 0.3) is 0 Å². The highest BCUT2D eigenvalue weighted by Gasteiger charge is 2.17. The van der Waals surface area contributed by atoms with E-state index in [0.717, 1.165) is 19.4 Å². The molecule has 1 aliphatic heterocycles. The minimum absolute atomic E-state index is 0.239. The fourth-order valence-electron chi connectivity index (χ4n) is 1.38. The summed E-state index contributed by atoms with van der Waals surface area (Å²) in [6.45, 7) is 5.48. The van der Waals surface area contributed by atoms with E-state index in [-0.39, 0.29) is 6.04 Å². The van der Waals surface area contributed by atoms with Gasteiger partial charge in [0.1, 0.15) is 6.61 Å². The first kappa shape index (κ1) is 10.3. The largest absolute Gasteiger partial charge is 0.463 e. The normalized spacial score (nSPS) is 23.8. The maximum absolute atomic E-state index is 5.41. The van der Waals surface area contributed by atoms with Crippen molar-refractivity contribution in [2.24, 2.45) is 10.7 Å². The second-order valence-corrected chi connectivity index (χ2v) is 3.28. The molecule has 0 saturated heterocycles. The lowest BCUT2D eigenvalue weighted by atomic mass is 10.1. The van der Waals surface area contributed by atoms with Gasteiger partial charge < -0.3 is 15.2 Å². The van der Waals surface area contributed by atoms with E-state index in [0.29, 0.717) is 18.7 Å². The van der Waals surface area contributed by atoms with E-state index in [1.165, 1.54) is 0 Å². The molecule has 0 saturated carbocycles. The van der Waals surface area contributed by atoms with E-state index in [1.54, 1.807) is 0 Å². The summed E-state index contributed by atoms with van der Waals surface area (Å²) in [4.78, 5) is 4.14. The molecule has 0 aromatic heterocycles. The Labute approximate surface area is 79.1 Å². The van der Waals surface area contributed by atoms with Crippen molar-refractivity contribution >= 4 is 6.02 Å². The molecular formula is C9H18N2O2. The van der Waals surface area contributed by atoms with Crippen molar-refractivity contribution in [3.8, 4) is 0 Å². The molecule has 0 radical (unpaired) electrons. The second-order valence-electron chi connectivity index (χ2n) is 3.28. The Hall–Kier alpha value is -0.770. The second kappa shape index (κ2) is 5.07. The zero-order valence-electron chi connectivity index (χ0n) is 8.32. The van der Waals surface area contributed by atoms with Gasteiger partial charge in [-0.25, -0.2) is 4.99 Å². The van der Waals surface area contributed by atoms with Crippen molar-refractivity contribution in [1.82, 2.24) is 0 Å². The molecule has 0 aromatic carbocycles. The summed E-state index contributed by atoms with van der Waals surface area (Å²) in [6, 6.07) is 0.567. The lowest BCUT2D eigenvalue weighted by Crippen LogP contribution is -2.13. The topological polar surface area (TPSA) is 56.8 Å². The predicted octanol–water partition coefficient (Wildman–Crippen LogP) is 0.905. The van der Waals surface area contributed by atoms with Crippen LogP contribution in [0.15, 0.2) is 4.99 Å². The molecule has 2 unspecified atom stereocenters. The molecule has 76 valence electrons. The van der Waals surface area contributed by atoms with Gasteiger partial charge in [0.15, 0.2) is 0 Å². The maximum atomic E-state index is 5.41. The molecule has 1 heterocycles. The highest BCUT2D eigenvalue weighted by Crippen LogP contribution is 2.11. The van der Waals surface area contributed by atoms with Crippen molar-refractivity contribution in [3.63, 3.8) is 0 Å². The van der Waals surface area contributed by atoms with E-state index >= 15 is 0 Å². The first-order chi connectivity index (χ1) is 6.22. The number of hydrogen-bond acceptors (Lipinski definition) is 4. The minimum Gasteiger partial charge on any atom is -0.463 e. The van der Waals surface area contributed by atoms with Gasteiger partial charge in [0.25, 0.3) is 6.02 Å². The Bertz CT molecular complexity index is 182. The van der Waals surface area contributed by atoms with Crippen LogP contribution in [-0.2, 0) is 9.47 Å². The van der Waals surface area contributed by atoms with Gasteiger partial charge in [0, 0.05) is 6.61 Å². The Morgan fingerprint density at radius 3 is 3.08 bits per heavy atom. The number of ether oxygens (including phenoxy) is 2. The van der Waals surface area contributed by atoms with Gasteiger partial charge in [-0.2, -0.15) is 0 Å². The number of rotatable bonds is 5. The predicted molar refractivity (Wildman–Crippen MR) is 51.7 cm³/mol. The van der Waals surface area contributed by atoms with Crippen LogP contribution in [-0.4, -0.2) is 31.4 Å². The molecule has 1 rings (SSSR count). The van der Waals surface area contributed by atoms with E-state index in [1.807, 2.05) is 6.92 Å². The molecule has 0 aromatic rings. The van der Waals surface area contributed by atoms with Crippen LogP contribution in [0.5, 0.6) is 0 Å². The smallest absolute Gasteiger partial charge is 0.282 e. The molecule has 1 aliphatic rings. The van der Waals surface area contributed by atoms with Crippen molar-refractivity contribution < 1.29 is 9.47 Å². The molecule has 2 atom stereocenters. The summed E-state index contributed by atoms with van der Waals surface area (Å²) < 4.78 is 10.5. The van der Waals surface area contributed by atoms with Crippen LogP contribution in [0, 0.1) is 0 Å². The lowest BCUT2D eigenvalue weighted by molar-refractivity contribution is 0.0670. The summed E-state index contributed by atoms with van der Waals surface area (Å²) in [5, 5.41) is 0. The Balaban J connectivity index is 2.12. The van der Waals surface area contributed by atoms with Gasteiger partial charge in [0.2, 0.25) is 0 Å². The Morgan fingerprint density at radius 2 is 2.54 bits per heavy atom. The quantitative estimate of drug-likeness (QED) is 0.694. The SMILES string of the molecule is CCOC(C)CCC1COC(N)=N1. The number of amidine groups is 1. The van der Waals surface area contributed by atoms with Gasteiger partial charge in [-0.3, -0.25) is 0 Å². The van der Waals surface area contributed by atoms with Crippen LogP contribution in [0.3, 0.4) is 0 Å². The average molecular weight is 186 g/mol. The van der Waals surface area contributed by atoms with Crippen LogP contribution in [0.1, 0.15) is 26.7 Å². The highest BCUT2D eigenvalue weighted by atomic mass is 16.5. The van der Waals surface area contributed by atoms with E-state index in [4.69, 9.17) is 15.2 Å². The Kier molecular flexibility index (Phi) is 4.02. The summed E-state index contributed by atoms with van der Waals surface area (Å²) in [7, 11) is 0. The average Bonchev–Trinajstić information content (AvgIpc) is 2.49. The third kappa shape index (κ3) is 3.63. The van der Waals surface area contributed by atoms with Crippen molar-refractivity contribution in [3.05, 3.63) is 0 Å². The van der Waals surface area contributed by atoms with E-state index in [9.17, 15) is 0 Å². The van der Waals surface area contributed by atoms with Crippen molar-refractivity contribution in [2.45, 2.75) is 38.8 Å². The first-order valence-corrected chi connectivity index (χ1v) is 4.80. The third-order valence-corrected chi connectivity index (χ3v) is 2.09. The summed E-state index contributed by atoms with van der Waals surface area (Å²) >= 11 is 0. The molecule has 0 aliphatic carbocycles. The fourth-order valence-corrected chi connectivity index (χ4v) is 1.38.